The van der Waals surface area contributed by atoms with Crippen LogP contribution in [0.1, 0.15) is 20.7 Å². The van der Waals surface area contributed by atoms with Crippen LogP contribution in [0.4, 0.5) is 0 Å². The van der Waals surface area contributed by atoms with Gasteiger partial charge in [0.05, 0.1) is 11.1 Å². The number of rotatable bonds is 4. The molecule has 0 saturated carbocycles. The zero-order valence-corrected chi connectivity index (χ0v) is 13.5. The van der Waals surface area contributed by atoms with Gasteiger partial charge >= 0.3 is 0 Å². The van der Waals surface area contributed by atoms with Crippen LogP contribution >= 0.6 is 0 Å². The summed E-state index contributed by atoms with van der Waals surface area (Å²) < 4.78 is 1.16. The van der Waals surface area contributed by atoms with E-state index in [9.17, 15) is 24.0 Å². The van der Waals surface area contributed by atoms with Gasteiger partial charge in [0.15, 0.2) is 0 Å². The second kappa shape index (κ2) is 7.01. The van der Waals surface area contributed by atoms with Crippen molar-refractivity contribution in [2.24, 2.45) is 0 Å². The lowest BCUT2D eigenvalue weighted by Gasteiger charge is -2.14. The van der Waals surface area contributed by atoms with Crippen LogP contribution in [-0.4, -0.2) is 39.6 Å². The van der Waals surface area contributed by atoms with Crippen LogP contribution in [0.5, 0.6) is 0 Å². The summed E-state index contributed by atoms with van der Waals surface area (Å²) >= 11 is 0. The Labute approximate surface area is 147 Å². The van der Waals surface area contributed by atoms with Crippen LogP contribution in [0, 0.1) is 0 Å². The molecule has 0 bridgehead atoms. The highest BCUT2D eigenvalue weighted by atomic mass is 16.2. The molecule has 1 aromatic carbocycles. The van der Waals surface area contributed by atoms with Crippen molar-refractivity contribution in [1.82, 2.24) is 20.3 Å². The molecule has 2 N–H and O–H groups in total. The maximum Gasteiger partial charge on any atom is 0.262 e. The number of hydrogen-bond donors (Lipinski definition) is 2. The molecule has 0 fully saturated rings. The minimum atomic E-state index is -0.742. The molecule has 0 radical (unpaired) electrons. The highest BCUT2D eigenvalue weighted by Crippen LogP contribution is 2.21. The number of aromatic nitrogens is 1. The first-order chi connectivity index (χ1) is 12.5. The number of carbonyl (C=O) groups is 4. The van der Waals surface area contributed by atoms with E-state index in [4.69, 9.17) is 0 Å². The number of hydrazine groups is 1. The SMILES string of the molecule is O=C(CN1C(=O)c2ccccc2C1=O)NNC(=O)Cn1ccccc1=O. The average Bonchev–Trinajstić information content (AvgIpc) is 2.87. The Morgan fingerprint density at radius 2 is 1.31 bits per heavy atom. The quantitative estimate of drug-likeness (QED) is 0.556. The highest BCUT2D eigenvalue weighted by Gasteiger charge is 2.36. The van der Waals surface area contributed by atoms with Gasteiger partial charge in [0.2, 0.25) is 0 Å². The molecule has 9 nitrogen and oxygen atoms in total. The lowest BCUT2D eigenvalue weighted by molar-refractivity contribution is -0.129. The normalized spacial score (nSPS) is 12.7. The molecule has 132 valence electrons. The van der Waals surface area contributed by atoms with Crippen LogP contribution in [-0.2, 0) is 16.1 Å². The predicted molar refractivity (Wildman–Crippen MR) is 88.8 cm³/mol. The average molecular weight is 354 g/mol. The number of nitrogens with one attached hydrogen (secondary N) is 2. The maximum absolute atomic E-state index is 12.2. The summed E-state index contributed by atoms with van der Waals surface area (Å²) in [7, 11) is 0. The lowest BCUT2D eigenvalue weighted by Crippen LogP contribution is -2.48. The number of hydrogen-bond acceptors (Lipinski definition) is 5. The van der Waals surface area contributed by atoms with E-state index in [2.05, 4.69) is 10.9 Å². The van der Waals surface area contributed by atoms with Crippen LogP contribution < -0.4 is 16.4 Å². The summed E-state index contributed by atoms with van der Waals surface area (Å²) in [5, 5.41) is 0. The Hall–Kier alpha value is -3.75. The predicted octanol–water partition coefficient (Wildman–Crippen LogP) is -0.708. The molecule has 2 heterocycles. The second-order valence-corrected chi connectivity index (χ2v) is 5.51. The third kappa shape index (κ3) is 3.36. The zero-order chi connectivity index (χ0) is 18.7. The number of nitrogens with zero attached hydrogens (tertiary/aromatic N) is 2. The monoisotopic (exact) mass is 354 g/mol. The summed E-state index contributed by atoms with van der Waals surface area (Å²) in [4.78, 5) is 60.3. The number of benzene rings is 1. The molecule has 0 aliphatic carbocycles. The fraction of sp³-hybridized carbons (Fsp3) is 0.118. The van der Waals surface area contributed by atoms with Gasteiger partial charge in [-0.05, 0) is 18.2 Å². The molecular weight excluding hydrogens is 340 g/mol. The molecule has 0 spiro atoms. The van der Waals surface area contributed by atoms with Gasteiger partial charge in [-0.25, -0.2) is 0 Å². The zero-order valence-electron chi connectivity index (χ0n) is 13.5. The fourth-order valence-electron chi connectivity index (χ4n) is 2.49. The smallest absolute Gasteiger partial charge is 0.262 e. The van der Waals surface area contributed by atoms with E-state index in [-0.39, 0.29) is 23.2 Å². The van der Waals surface area contributed by atoms with Crippen LogP contribution in [0.3, 0.4) is 0 Å². The molecule has 0 atom stereocenters. The largest absolute Gasteiger partial charge is 0.306 e. The number of fused-ring (bicyclic) bond motifs is 1. The van der Waals surface area contributed by atoms with Gasteiger partial charge in [-0.1, -0.05) is 18.2 Å². The van der Waals surface area contributed by atoms with Gasteiger partial charge in [0.1, 0.15) is 13.1 Å². The Bertz CT molecular complexity index is 930. The molecule has 4 amide bonds. The minimum Gasteiger partial charge on any atom is -0.306 e. The first-order valence-corrected chi connectivity index (χ1v) is 7.66. The minimum absolute atomic E-state index is 0.234. The molecule has 9 heteroatoms. The Morgan fingerprint density at radius 1 is 0.769 bits per heavy atom. The van der Waals surface area contributed by atoms with Crippen molar-refractivity contribution in [3.8, 4) is 0 Å². The number of imide groups is 1. The summed E-state index contributed by atoms with van der Waals surface area (Å²) in [5.41, 5.74) is 4.36. The standard InChI is InChI=1S/C17H14N4O5/c22-13(9-20-8-4-3-7-15(20)24)18-19-14(23)10-21-16(25)11-5-1-2-6-12(11)17(21)26/h1-8H,9-10H2,(H,18,22)(H,19,23). The molecule has 1 aliphatic rings. The molecule has 1 aliphatic heterocycles. The van der Waals surface area contributed by atoms with Gasteiger partial charge < -0.3 is 4.57 Å². The Kier molecular flexibility index (Phi) is 4.61. The Balaban J connectivity index is 1.54. The third-order valence-corrected chi connectivity index (χ3v) is 3.73. The summed E-state index contributed by atoms with van der Waals surface area (Å²) in [6.07, 6.45) is 1.43. The van der Waals surface area contributed by atoms with Gasteiger partial charge in [0, 0.05) is 12.3 Å². The summed E-state index contributed by atoms with van der Waals surface area (Å²) in [5.74, 6) is -2.51. The van der Waals surface area contributed by atoms with E-state index in [0.717, 1.165) is 9.47 Å². The molecule has 3 rings (SSSR count). The summed E-state index contributed by atoms with van der Waals surface area (Å²) in [6.45, 7) is -0.815. The first-order valence-electron chi connectivity index (χ1n) is 7.66. The first kappa shape index (κ1) is 17.1. The van der Waals surface area contributed by atoms with E-state index in [1.165, 1.54) is 24.4 Å². The number of pyridine rings is 1. The van der Waals surface area contributed by atoms with Crippen LogP contribution in [0.2, 0.25) is 0 Å². The highest BCUT2D eigenvalue weighted by molar-refractivity contribution is 6.22. The molecule has 1 aromatic heterocycles. The van der Waals surface area contributed by atoms with Crippen molar-refractivity contribution in [3.05, 3.63) is 70.1 Å². The van der Waals surface area contributed by atoms with E-state index >= 15 is 0 Å². The van der Waals surface area contributed by atoms with Crippen molar-refractivity contribution >= 4 is 23.6 Å². The van der Waals surface area contributed by atoms with Crippen molar-refractivity contribution in [1.29, 1.82) is 0 Å². The van der Waals surface area contributed by atoms with Crippen LogP contribution in [0.15, 0.2) is 53.5 Å². The topological polar surface area (TPSA) is 118 Å². The van der Waals surface area contributed by atoms with Gasteiger partial charge in [-0.3, -0.25) is 39.7 Å². The molecule has 0 unspecified atom stereocenters. The molecule has 26 heavy (non-hydrogen) atoms. The van der Waals surface area contributed by atoms with E-state index in [1.54, 1.807) is 24.3 Å². The maximum atomic E-state index is 12.2. The van der Waals surface area contributed by atoms with Crippen molar-refractivity contribution < 1.29 is 19.2 Å². The lowest BCUT2D eigenvalue weighted by atomic mass is 10.1. The van der Waals surface area contributed by atoms with Gasteiger partial charge in [0.25, 0.3) is 29.2 Å². The third-order valence-electron chi connectivity index (χ3n) is 3.73. The van der Waals surface area contributed by atoms with Gasteiger partial charge in [-0.15, -0.1) is 0 Å². The molecule has 2 aromatic rings. The van der Waals surface area contributed by atoms with Crippen molar-refractivity contribution in [3.63, 3.8) is 0 Å². The van der Waals surface area contributed by atoms with Gasteiger partial charge in [-0.2, -0.15) is 0 Å². The van der Waals surface area contributed by atoms with E-state index in [0.29, 0.717) is 0 Å². The molecular formula is C17H14N4O5. The second-order valence-electron chi connectivity index (χ2n) is 5.51. The Morgan fingerprint density at radius 3 is 1.88 bits per heavy atom. The van der Waals surface area contributed by atoms with Crippen LogP contribution in [0.25, 0.3) is 0 Å². The fourth-order valence-corrected chi connectivity index (χ4v) is 2.49. The number of carbonyl (C=O) groups excluding carboxylic acids is 4. The van der Waals surface area contributed by atoms with Crippen molar-refractivity contribution in [2.45, 2.75) is 6.54 Å². The van der Waals surface area contributed by atoms with E-state index in [1.807, 2.05) is 0 Å². The number of amides is 4. The summed E-state index contributed by atoms with van der Waals surface area (Å²) in [6, 6.07) is 10.7. The van der Waals surface area contributed by atoms with E-state index < -0.39 is 30.2 Å². The van der Waals surface area contributed by atoms with Crippen molar-refractivity contribution in [2.75, 3.05) is 6.54 Å². The molecule has 0 saturated heterocycles.